The Kier molecular flexibility index (Phi) is 7.16. The lowest BCUT2D eigenvalue weighted by Gasteiger charge is -2.27. The zero-order valence-electron chi connectivity index (χ0n) is 11.0. The first-order chi connectivity index (χ1) is 8.22. The normalized spacial score (nSPS) is 18.9. The number of piperazine rings is 1. The van der Waals surface area contributed by atoms with Gasteiger partial charge in [0, 0.05) is 59.4 Å². The predicted molar refractivity (Wildman–Crippen MR) is 68.0 cm³/mol. The Morgan fingerprint density at radius 3 is 2.82 bits per heavy atom. The maximum atomic E-state index is 11.6. The first-order valence-electron chi connectivity index (χ1n) is 6.41. The fourth-order valence-electron chi connectivity index (χ4n) is 2.02. The molecule has 1 amide bonds. The molecule has 2 N–H and O–H groups in total. The molecule has 1 aliphatic heterocycles. The van der Waals surface area contributed by atoms with E-state index < -0.39 is 0 Å². The standard InChI is InChI=1S/C12H25N3O2/c1-11(10-17-2)9-12(16)14-5-8-15-6-3-13-4-7-15/h11,13H,3-10H2,1-2H3,(H,14,16). The van der Waals surface area contributed by atoms with Crippen molar-refractivity contribution < 1.29 is 9.53 Å². The van der Waals surface area contributed by atoms with Gasteiger partial charge in [0.2, 0.25) is 5.91 Å². The molecule has 5 heteroatoms. The number of hydrogen-bond acceptors (Lipinski definition) is 4. The number of nitrogens with zero attached hydrogens (tertiary/aromatic N) is 1. The Labute approximate surface area is 104 Å². The van der Waals surface area contributed by atoms with Gasteiger partial charge in [-0.3, -0.25) is 9.69 Å². The zero-order chi connectivity index (χ0) is 12.5. The molecule has 0 aromatic rings. The van der Waals surface area contributed by atoms with Crippen LogP contribution in [-0.2, 0) is 9.53 Å². The number of ether oxygens (including phenoxy) is 1. The Hall–Kier alpha value is -0.650. The van der Waals surface area contributed by atoms with Crippen molar-refractivity contribution in [1.29, 1.82) is 0 Å². The maximum Gasteiger partial charge on any atom is 0.220 e. The number of nitrogens with one attached hydrogen (secondary N) is 2. The molecule has 5 nitrogen and oxygen atoms in total. The molecule has 0 saturated carbocycles. The molecule has 1 fully saturated rings. The lowest BCUT2D eigenvalue weighted by Crippen LogP contribution is -2.46. The number of rotatable bonds is 7. The van der Waals surface area contributed by atoms with Gasteiger partial charge in [0.15, 0.2) is 0 Å². The number of methoxy groups -OCH3 is 1. The van der Waals surface area contributed by atoms with E-state index in [1.807, 2.05) is 6.92 Å². The molecule has 1 atom stereocenters. The van der Waals surface area contributed by atoms with E-state index in [-0.39, 0.29) is 5.91 Å². The van der Waals surface area contributed by atoms with Gasteiger partial charge in [-0.1, -0.05) is 6.92 Å². The van der Waals surface area contributed by atoms with E-state index in [1.54, 1.807) is 7.11 Å². The van der Waals surface area contributed by atoms with Crippen molar-refractivity contribution >= 4 is 5.91 Å². The van der Waals surface area contributed by atoms with Crippen LogP contribution in [0.2, 0.25) is 0 Å². The highest BCUT2D eigenvalue weighted by Crippen LogP contribution is 2.01. The molecular formula is C12H25N3O2. The Bertz CT molecular complexity index is 218. The quantitative estimate of drug-likeness (QED) is 0.643. The molecular weight excluding hydrogens is 218 g/mol. The largest absolute Gasteiger partial charge is 0.384 e. The monoisotopic (exact) mass is 243 g/mol. The van der Waals surface area contributed by atoms with Gasteiger partial charge in [-0.2, -0.15) is 0 Å². The van der Waals surface area contributed by atoms with Gasteiger partial charge < -0.3 is 15.4 Å². The molecule has 17 heavy (non-hydrogen) atoms. The molecule has 0 aromatic carbocycles. The lowest BCUT2D eigenvalue weighted by molar-refractivity contribution is -0.122. The minimum atomic E-state index is 0.129. The SMILES string of the molecule is COCC(C)CC(=O)NCCN1CCNCC1. The molecule has 1 saturated heterocycles. The first-order valence-corrected chi connectivity index (χ1v) is 6.41. The Morgan fingerprint density at radius 1 is 1.47 bits per heavy atom. The molecule has 100 valence electrons. The van der Waals surface area contributed by atoms with Gasteiger partial charge in [-0.25, -0.2) is 0 Å². The Balaban J connectivity index is 2.03. The summed E-state index contributed by atoms with van der Waals surface area (Å²) in [5.41, 5.74) is 0. The summed E-state index contributed by atoms with van der Waals surface area (Å²) >= 11 is 0. The summed E-state index contributed by atoms with van der Waals surface area (Å²) in [5.74, 6) is 0.420. The summed E-state index contributed by atoms with van der Waals surface area (Å²) in [4.78, 5) is 13.9. The highest BCUT2D eigenvalue weighted by molar-refractivity contribution is 5.76. The van der Waals surface area contributed by atoms with Crippen LogP contribution < -0.4 is 10.6 Å². The summed E-state index contributed by atoms with van der Waals surface area (Å²) in [6.07, 6.45) is 0.551. The number of hydrogen-bond donors (Lipinski definition) is 2. The summed E-state index contributed by atoms with van der Waals surface area (Å²) in [6, 6.07) is 0. The van der Waals surface area contributed by atoms with Crippen molar-refractivity contribution in [2.45, 2.75) is 13.3 Å². The van der Waals surface area contributed by atoms with E-state index in [0.717, 1.165) is 39.3 Å². The van der Waals surface area contributed by atoms with Crippen LogP contribution in [0.3, 0.4) is 0 Å². The van der Waals surface area contributed by atoms with Gasteiger partial charge in [0.05, 0.1) is 0 Å². The van der Waals surface area contributed by atoms with Gasteiger partial charge in [-0.05, 0) is 5.92 Å². The smallest absolute Gasteiger partial charge is 0.220 e. The summed E-state index contributed by atoms with van der Waals surface area (Å²) in [7, 11) is 1.67. The van der Waals surface area contributed by atoms with Gasteiger partial charge >= 0.3 is 0 Å². The average Bonchev–Trinajstić information content (AvgIpc) is 2.30. The van der Waals surface area contributed by atoms with Crippen LogP contribution in [0.4, 0.5) is 0 Å². The second-order valence-electron chi connectivity index (χ2n) is 4.71. The third kappa shape index (κ3) is 6.61. The molecule has 0 spiro atoms. The summed E-state index contributed by atoms with van der Waals surface area (Å²) in [5, 5.41) is 6.27. The zero-order valence-corrected chi connectivity index (χ0v) is 11.0. The van der Waals surface area contributed by atoms with Crippen molar-refractivity contribution in [2.24, 2.45) is 5.92 Å². The van der Waals surface area contributed by atoms with Crippen LogP contribution in [0.25, 0.3) is 0 Å². The van der Waals surface area contributed by atoms with Crippen molar-refractivity contribution in [1.82, 2.24) is 15.5 Å². The van der Waals surface area contributed by atoms with Gasteiger partial charge in [0.25, 0.3) is 0 Å². The molecule has 1 unspecified atom stereocenters. The van der Waals surface area contributed by atoms with Gasteiger partial charge in [-0.15, -0.1) is 0 Å². The van der Waals surface area contributed by atoms with Crippen molar-refractivity contribution in [3.63, 3.8) is 0 Å². The fourth-order valence-corrected chi connectivity index (χ4v) is 2.02. The minimum Gasteiger partial charge on any atom is -0.384 e. The predicted octanol–water partition coefficient (Wildman–Crippen LogP) is -0.320. The molecule has 0 radical (unpaired) electrons. The van der Waals surface area contributed by atoms with E-state index in [1.165, 1.54) is 0 Å². The third-order valence-electron chi connectivity index (χ3n) is 2.94. The van der Waals surface area contributed by atoms with E-state index in [0.29, 0.717) is 18.9 Å². The lowest BCUT2D eigenvalue weighted by atomic mass is 10.1. The van der Waals surface area contributed by atoms with Crippen molar-refractivity contribution in [3.8, 4) is 0 Å². The highest BCUT2D eigenvalue weighted by atomic mass is 16.5. The van der Waals surface area contributed by atoms with Crippen LogP contribution in [0.15, 0.2) is 0 Å². The molecule has 0 bridgehead atoms. The summed E-state index contributed by atoms with van der Waals surface area (Å²) < 4.78 is 5.01. The molecule has 1 rings (SSSR count). The Morgan fingerprint density at radius 2 is 2.18 bits per heavy atom. The van der Waals surface area contributed by atoms with Crippen molar-refractivity contribution in [2.75, 3.05) is 53.0 Å². The molecule has 1 aliphatic rings. The highest BCUT2D eigenvalue weighted by Gasteiger charge is 2.11. The van der Waals surface area contributed by atoms with Gasteiger partial charge in [0.1, 0.15) is 0 Å². The molecule has 0 aromatic heterocycles. The fraction of sp³-hybridized carbons (Fsp3) is 0.917. The van der Waals surface area contributed by atoms with Crippen molar-refractivity contribution in [3.05, 3.63) is 0 Å². The van der Waals surface area contributed by atoms with Crippen LogP contribution in [0.1, 0.15) is 13.3 Å². The third-order valence-corrected chi connectivity index (χ3v) is 2.94. The van der Waals surface area contributed by atoms with E-state index in [4.69, 9.17) is 4.74 Å². The average molecular weight is 243 g/mol. The number of carbonyl (C=O) groups is 1. The van der Waals surface area contributed by atoms with Crippen LogP contribution >= 0.6 is 0 Å². The second-order valence-corrected chi connectivity index (χ2v) is 4.71. The molecule has 0 aliphatic carbocycles. The second kappa shape index (κ2) is 8.44. The van der Waals surface area contributed by atoms with E-state index in [2.05, 4.69) is 15.5 Å². The number of amides is 1. The van der Waals surface area contributed by atoms with Crippen LogP contribution in [0.5, 0.6) is 0 Å². The maximum absolute atomic E-state index is 11.6. The van der Waals surface area contributed by atoms with Crippen LogP contribution in [-0.4, -0.2) is 63.8 Å². The summed E-state index contributed by atoms with van der Waals surface area (Å²) in [6.45, 7) is 8.64. The molecule has 1 heterocycles. The van der Waals surface area contributed by atoms with E-state index >= 15 is 0 Å². The number of carbonyl (C=O) groups excluding carboxylic acids is 1. The first kappa shape index (κ1) is 14.4. The minimum absolute atomic E-state index is 0.129. The van der Waals surface area contributed by atoms with E-state index in [9.17, 15) is 4.79 Å². The topological polar surface area (TPSA) is 53.6 Å². The van der Waals surface area contributed by atoms with Crippen LogP contribution in [0, 0.1) is 5.92 Å².